The number of nitrogens with zero attached hydrogens (tertiary/aromatic N) is 2. The van der Waals surface area contributed by atoms with E-state index in [1.54, 1.807) is 0 Å². The fourth-order valence-corrected chi connectivity index (χ4v) is 4.06. The van der Waals surface area contributed by atoms with E-state index in [0.717, 1.165) is 19.6 Å². The first-order chi connectivity index (χ1) is 11.2. The Labute approximate surface area is 139 Å². The average molecular weight is 315 g/mol. The van der Waals surface area contributed by atoms with Crippen molar-refractivity contribution in [2.75, 3.05) is 33.2 Å². The normalized spacial score (nSPS) is 21.3. The first kappa shape index (κ1) is 16.5. The van der Waals surface area contributed by atoms with Crippen LogP contribution in [-0.4, -0.2) is 54.5 Å². The van der Waals surface area contributed by atoms with Crippen LogP contribution in [0, 0.1) is 0 Å². The third-order valence-corrected chi connectivity index (χ3v) is 5.48. The lowest BCUT2D eigenvalue weighted by Gasteiger charge is -2.49. The second-order valence-corrected chi connectivity index (χ2v) is 7.12. The molecule has 4 nitrogen and oxygen atoms in total. The van der Waals surface area contributed by atoms with Crippen LogP contribution < -0.4 is 5.32 Å². The molecule has 1 amide bonds. The third kappa shape index (κ3) is 3.93. The number of rotatable bonds is 4. The highest BCUT2D eigenvalue weighted by atomic mass is 16.2. The van der Waals surface area contributed by atoms with Crippen molar-refractivity contribution in [1.82, 2.24) is 15.1 Å². The van der Waals surface area contributed by atoms with Crippen LogP contribution in [0.25, 0.3) is 0 Å². The Bertz CT molecular complexity index is 502. The summed E-state index contributed by atoms with van der Waals surface area (Å²) in [6.45, 7) is 4.29. The molecule has 0 bridgehead atoms. The Morgan fingerprint density at radius 1 is 1.22 bits per heavy atom. The molecule has 0 aromatic heterocycles. The van der Waals surface area contributed by atoms with E-state index in [4.69, 9.17) is 0 Å². The van der Waals surface area contributed by atoms with Crippen LogP contribution in [0.15, 0.2) is 30.3 Å². The zero-order valence-corrected chi connectivity index (χ0v) is 14.3. The van der Waals surface area contributed by atoms with Gasteiger partial charge in [0.2, 0.25) is 5.91 Å². The molecule has 3 rings (SSSR count). The van der Waals surface area contributed by atoms with Gasteiger partial charge in [-0.15, -0.1) is 0 Å². The maximum atomic E-state index is 12.7. The number of nitrogens with one attached hydrogen (secondary N) is 1. The van der Waals surface area contributed by atoms with Crippen LogP contribution in [0.3, 0.4) is 0 Å². The molecule has 1 saturated carbocycles. The van der Waals surface area contributed by atoms with Crippen LogP contribution in [-0.2, 0) is 11.3 Å². The van der Waals surface area contributed by atoms with Crippen molar-refractivity contribution in [1.29, 1.82) is 0 Å². The summed E-state index contributed by atoms with van der Waals surface area (Å²) in [6, 6.07) is 10.2. The monoisotopic (exact) mass is 315 g/mol. The molecule has 0 atom stereocenters. The Kier molecular flexibility index (Phi) is 5.34. The molecule has 126 valence electrons. The van der Waals surface area contributed by atoms with Crippen LogP contribution in [0.4, 0.5) is 0 Å². The summed E-state index contributed by atoms with van der Waals surface area (Å²) < 4.78 is 0. The summed E-state index contributed by atoms with van der Waals surface area (Å²) in [4.78, 5) is 17.0. The van der Waals surface area contributed by atoms with E-state index in [0.29, 0.717) is 13.1 Å². The lowest BCUT2D eigenvalue weighted by Crippen LogP contribution is -2.63. The lowest BCUT2D eigenvalue weighted by atomic mass is 9.79. The SMILES string of the molecule is CN(Cc1ccccc1)C(=O)CN1CCNCC12CCCCC2. The lowest BCUT2D eigenvalue weighted by molar-refractivity contribution is -0.134. The average Bonchev–Trinajstić information content (AvgIpc) is 2.59. The third-order valence-electron chi connectivity index (χ3n) is 5.48. The number of carbonyl (C=O) groups is 1. The number of piperazine rings is 1. The van der Waals surface area contributed by atoms with Gasteiger partial charge < -0.3 is 10.2 Å². The predicted octanol–water partition coefficient (Wildman–Crippen LogP) is 2.25. The van der Waals surface area contributed by atoms with Gasteiger partial charge in [-0.05, 0) is 18.4 Å². The van der Waals surface area contributed by atoms with Gasteiger partial charge >= 0.3 is 0 Å². The van der Waals surface area contributed by atoms with Gasteiger partial charge in [0.1, 0.15) is 0 Å². The molecule has 1 aromatic rings. The zero-order chi connectivity index (χ0) is 16.1. The van der Waals surface area contributed by atoms with Crippen LogP contribution in [0.5, 0.6) is 0 Å². The molecule has 2 aliphatic rings. The van der Waals surface area contributed by atoms with Crippen molar-refractivity contribution in [3.63, 3.8) is 0 Å². The number of hydrogen-bond donors (Lipinski definition) is 1. The summed E-state index contributed by atoms with van der Waals surface area (Å²) in [7, 11) is 1.92. The summed E-state index contributed by atoms with van der Waals surface area (Å²) >= 11 is 0. The van der Waals surface area contributed by atoms with Gasteiger partial charge in [0, 0.05) is 38.8 Å². The van der Waals surface area contributed by atoms with Crippen LogP contribution in [0.2, 0.25) is 0 Å². The largest absolute Gasteiger partial charge is 0.340 e. The number of likely N-dealkylation sites (N-methyl/N-ethyl adjacent to an activating group) is 1. The van der Waals surface area contributed by atoms with Crippen LogP contribution in [0.1, 0.15) is 37.7 Å². The molecule has 2 fully saturated rings. The van der Waals surface area contributed by atoms with Crippen molar-refractivity contribution in [2.45, 2.75) is 44.2 Å². The first-order valence-corrected chi connectivity index (χ1v) is 8.93. The summed E-state index contributed by atoms with van der Waals surface area (Å²) in [5.74, 6) is 0.237. The van der Waals surface area contributed by atoms with E-state index >= 15 is 0 Å². The summed E-state index contributed by atoms with van der Waals surface area (Å²) in [5, 5.41) is 3.55. The van der Waals surface area contributed by atoms with E-state index in [-0.39, 0.29) is 11.4 Å². The van der Waals surface area contributed by atoms with Crippen molar-refractivity contribution >= 4 is 5.91 Å². The Balaban J connectivity index is 1.61. The number of hydrogen-bond acceptors (Lipinski definition) is 3. The molecular formula is C19H29N3O. The number of amides is 1. The highest BCUT2D eigenvalue weighted by Crippen LogP contribution is 2.34. The van der Waals surface area contributed by atoms with E-state index in [1.807, 2.05) is 30.1 Å². The molecule has 0 radical (unpaired) electrons. The molecule has 23 heavy (non-hydrogen) atoms. The minimum Gasteiger partial charge on any atom is -0.340 e. The van der Waals surface area contributed by atoms with E-state index in [2.05, 4.69) is 22.3 Å². The van der Waals surface area contributed by atoms with Gasteiger partial charge in [-0.2, -0.15) is 0 Å². The van der Waals surface area contributed by atoms with E-state index in [1.165, 1.54) is 37.7 Å². The fraction of sp³-hybridized carbons (Fsp3) is 0.632. The zero-order valence-electron chi connectivity index (χ0n) is 14.3. The molecule has 1 aromatic carbocycles. The Morgan fingerprint density at radius 3 is 2.70 bits per heavy atom. The molecule has 1 heterocycles. The quantitative estimate of drug-likeness (QED) is 0.926. The number of benzene rings is 1. The smallest absolute Gasteiger partial charge is 0.236 e. The van der Waals surface area contributed by atoms with Crippen molar-refractivity contribution in [2.24, 2.45) is 0 Å². The van der Waals surface area contributed by atoms with Gasteiger partial charge in [0.05, 0.1) is 6.54 Å². The Hall–Kier alpha value is -1.39. The van der Waals surface area contributed by atoms with Crippen molar-refractivity contribution < 1.29 is 4.79 Å². The van der Waals surface area contributed by atoms with Gasteiger partial charge in [-0.25, -0.2) is 0 Å². The Morgan fingerprint density at radius 2 is 1.96 bits per heavy atom. The van der Waals surface area contributed by atoms with Crippen LogP contribution >= 0.6 is 0 Å². The molecule has 1 spiro atoms. The molecule has 4 heteroatoms. The van der Waals surface area contributed by atoms with Gasteiger partial charge in [-0.1, -0.05) is 49.6 Å². The highest BCUT2D eigenvalue weighted by Gasteiger charge is 2.40. The maximum absolute atomic E-state index is 12.7. The maximum Gasteiger partial charge on any atom is 0.236 e. The molecule has 1 N–H and O–H groups in total. The summed E-state index contributed by atoms with van der Waals surface area (Å²) in [6.07, 6.45) is 6.40. The topological polar surface area (TPSA) is 35.6 Å². The minimum atomic E-state index is 0.222. The van der Waals surface area contributed by atoms with Gasteiger partial charge in [0.15, 0.2) is 0 Å². The van der Waals surface area contributed by atoms with Gasteiger partial charge in [-0.3, -0.25) is 9.69 Å². The second kappa shape index (κ2) is 7.45. The predicted molar refractivity (Wildman–Crippen MR) is 93.2 cm³/mol. The molecule has 1 saturated heterocycles. The minimum absolute atomic E-state index is 0.222. The summed E-state index contributed by atoms with van der Waals surface area (Å²) in [5.41, 5.74) is 1.41. The number of carbonyl (C=O) groups excluding carboxylic acids is 1. The van der Waals surface area contributed by atoms with E-state index < -0.39 is 0 Å². The fourth-order valence-electron chi connectivity index (χ4n) is 4.06. The molecule has 1 aliphatic heterocycles. The molecule has 0 unspecified atom stereocenters. The molecule has 1 aliphatic carbocycles. The second-order valence-electron chi connectivity index (χ2n) is 7.12. The first-order valence-electron chi connectivity index (χ1n) is 8.93. The van der Waals surface area contributed by atoms with E-state index in [9.17, 15) is 4.79 Å². The highest BCUT2D eigenvalue weighted by molar-refractivity contribution is 5.78. The van der Waals surface area contributed by atoms with Gasteiger partial charge in [0.25, 0.3) is 0 Å². The molecular weight excluding hydrogens is 286 g/mol. The van der Waals surface area contributed by atoms with Crippen molar-refractivity contribution in [3.8, 4) is 0 Å². The van der Waals surface area contributed by atoms with Crippen molar-refractivity contribution in [3.05, 3.63) is 35.9 Å². The standard InChI is InChI=1S/C19H29N3O/c1-21(14-17-8-4-2-5-9-17)18(23)15-22-13-12-20-16-19(22)10-6-3-7-11-19/h2,4-5,8-9,20H,3,6-7,10-16H2,1H3.